The Morgan fingerprint density at radius 2 is 1.90 bits per heavy atom. The third-order valence-corrected chi connectivity index (χ3v) is 4.07. The molecule has 1 rings (SSSR count). The first-order valence-electron chi connectivity index (χ1n) is 6.15. The minimum Gasteiger partial charge on any atom is -0.464 e. The number of sulfonamides is 1. The van der Waals surface area contributed by atoms with Gasteiger partial charge in [-0.2, -0.15) is 0 Å². The first-order valence-corrected chi connectivity index (χ1v) is 7.63. The van der Waals surface area contributed by atoms with E-state index in [1.165, 1.54) is 19.1 Å². The van der Waals surface area contributed by atoms with Crippen LogP contribution in [-0.2, 0) is 19.6 Å². The van der Waals surface area contributed by atoms with Crippen molar-refractivity contribution in [3.8, 4) is 0 Å². The van der Waals surface area contributed by atoms with E-state index in [9.17, 15) is 18.3 Å². The normalized spacial score (nSPS) is 14.6. The zero-order valence-corrected chi connectivity index (χ0v) is 12.5. The summed E-state index contributed by atoms with van der Waals surface area (Å²) in [5.41, 5.74) is -0.976. The van der Waals surface area contributed by atoms with E-state index < -0.39 is 28.1 Å². The standard InChI is InChI=1S/C13H19NO5S/c1-4-19-12(15)13(3,16)9-14-20(17,18)11-7-5-10(2)6-8-11/h5-8,14,16H,4,9H2,1-3H3/t13-/m1/s1. The van der Waals surface area contributed by atoms with E-state index in [-0.39, 0.29) is 11.5 Å². The summed E-state index contributed by atoms with van der Waals surface area (Å²) in [5, 5.41) is 9.87. The zero-order chi connectivity index (χ0) is 15.4. The van der Waals surface area contributed by atoms with Gasteiger partial charge in [0, 0.05) is 0 Å². The molecule has 2 N–H and O–H groups in total. The molecule has 0 saturated carbocycles. The lowest BCUT2D eigenvalue weighted by atomic mass is 10.1. The summed E-state index contributed by atoms with van der Waals surface area (Å²) in [7, 11) is -3.78. The predicted molar refractivity (Wildman–Crippen MR) is 73.6 cm³/mol. The number of carbonyl (C=O) groups is 1. The number of hydrogen-bond acceptors (Lipinski definition) is 5. The summed E-state index contributed by atoms with van der Waals surface area (Å²) < 4.78 is 30.9. The molecule has 0 aromatic heterocycles. The minimum atomic E-state index is -3.78. The first kappa shape index (κ1) is 16.6. The largest absolute Gasteiger partial charge is 0.464 e. The Hall–Kier alpha value is -1.44. The Kier molecular flexibility index (Phi) is 5.27. The van der Waals surface area contributed by atoms with E-state index in [0.29, 0.717) is 0 Å². The second-order valence-corrected chi connectivity index (χ2v) is 6.40. The molecule has 0 aliphatic carbocycles. The molecule has 20 heavy (non-hydrogen) atoms. The lowest BCUT2D eigenvalue weighted by molar-refractivity contribution is -0.162. The van der Waals surface area contributed by atoms with Gasteiger partial charge in [0.1, 0.15) is 0 Å². The van der Waals surface area contributed by atoms with Crippen LogP contribution in [0.25, 0.3) is 0 Å². The van der Waals surface area contributed by atoms with E-state index in [0.717, 1.165) is 5.56 Å². The molecule has 1 atom stereocenters. The molecule has 112 valence electrons. The van der Waals surface area contributed by atoms with Crippen LogP contribution in [0.15, 0.2) is 29.2 Å². The highest BCUT2D eigenvalue weighted by Crippen LogP contribution is 2.12. The zero-order valence-electron chi connectivity index (χ0n) is 11.7. The van der Waals surface area contributed by atoms with Crippen LogP contribution in [0.2, 0.25) is 0 Å². The fourth-order valence-electron chi connectivity index (χ4n) is 1.40. The quantitative estimate of drug-likeness (QED) is 0.750. The number of hydrogen-bond donors (Lipinski definition) is 2. The van der Waals surface area contributed by atoms with Crippen LogP contribution in [0.1, 0.15) is 19.4 Å². The molecule has 0 unspecified atom stereocenters. The summed E-state index contributed by atoms with van der Waals surface area (Å²) in [4.78, 5) is 11.5. The molecule has 7 heteroatoms. The molecule has 0 aliphatic heterocycles. The van der Waals surface area contributed by atoms with Crippen LogP contribution in [0.5, 0.6) is 0 Å². The maximum atomic E-state index is 12.0. The lowest BCUT2D eigenvalue weighted by Gasteiger charge is -2.21. The molecular formula is C13H19NO5S. The van der Waals surface area contributed by atoms with E-state index >= 15 is 0 Å². The third kappa shape index (κ3) is 4.29. The molecule has 0 radical (unpaired) electrons. The predicted octanol–water partition coefficient (Wildman–Crippen LogP) is 0.587. The Morgan fingerprint density at radius 3 is 2.40 bits per heavy atom. The van der Waals surface area contributed by atoms with Crippen molar-refractivity contribution in [3.05, 3.63) is 29.8 Å². The average molecular weight is 301 g/mol. The summed E-state index contributed by atoms with van der Waals surface area (Å²) in [5.74, 6) is -0.869. The maximum Gasteiger partial charge on any atom is 0.339 e. The van der Waals surface area contributed by atoms with E-state index in [1.807, 2.05) is 6.92 Å². The van der Waals surface area contributed by atoms with Gasteiger partial charge in [0.25, 0.3) is 0 Å². The van der Waals surface area contributed by atoms with Gasteiger partial charge in [-0.3, -0.25) is 0 Å². The molecule has 0 amide bonds. The maximum absolute atomic E-state index is 12.0. The first-order chi connectivity index (χ1) is 9.19. The van der Waals surface area contributed by atoms with Crippen LogP contribution in [0.4, 0.5) is 0 Å². The van der Waals surface area contributed by atoms with Crippen LogP contribution < -0.4 is 4.72 Å². The molecule has 1 aromatic carbocycles. The van der Waals surface area contributed by atoms with Crippen LogP contribution in [-0.4, -0.2) is 38.2 Å². The number of aliphatic hydroxyl groups is 1. The van der Waals surface area contributed by atoms with Crippen molar-refractivity contribution in [1.29, 1.82) is 0 Å². The van der Waals surface area contributed by atoms with Gasteiger partial charge in [-0.15, -0.1) is 0 Å². The monoisotopic (exact) mass is 301 g/mol. The Balaban J connectivity index is 2.77. The second-order valence-electron chi connectivity index (χ2n) is 4.63. The van der Waals surface area contributed by atoms with Gasteiger partial charge in [-0.25, -0.2) is 17.9 Å². The fraction of sp³-hybridized carbons (Fsp3) is 0.462. The van der Waals surface area contributed by atoms with Gasteiger partial charge in [0.2, 0.25) is 10.0 Å². The van der Waals surface area contributed by atoms with Crippen molar-refractivity contribution in [2.24, 2.45) is 0 Å². The fourth-order valence-corrected chi connectivity index (χ4v) is 2.53. The smallest absolute Gasteiger partial charge is 0.339 e. The van der Waals surface area contributed by atoms with Gasteiger partial charge < -0.3 is 9.84 Å². The van der Waals surface area contributed by atoms with Gasteiger partial charge in [0.15, 0.2) is 5.60 Å². The number of rotatable bonds is 6. The summed E-state index contributed by atoms with van der Waals surface area (Å²) in [6.45, 7) is 4.30. The van der Waals surface area contributed by atoms with Gasteiger partial charge >= 0.3 is 5.97 Å². The van der Waals surface area contributed by atoms with E-state index in [1.54, 1.807) is 19.1 Å². The molecule has 1 aromatic rings. The third-order valence-electron chi connectivity index (χ3n) is 2.65. The number of esters is 1. The van der Waals surface area contributed by atoms with Crippen LogP contribution >= 0.6 is 0 Å². The number of carbonyl (C=O) groups excluding carboxylic acids is 1. The van der Waals surface area contributed by atoms with E-state index in [4.69, 9.17) is 0 Å². The van der Waals surface area contributed by atoms with Crippen molar-refractivity contribution in [2.45, 2.75) is 31.3 Å². The molecule has 0 fully saturated rings. The van der Waals surface area contributed by atoms with Crippen molar-refractivity contribution < 1.29 is 23.1 Å². The Labute approximate surface area is 118 Å². The average Bonchev–Trinajstić information content (AvgIpc) is 2.37. The highest BCUT2D eigenvalue weighted by Gasteiger charge is 2.33. The van der Waals surface area contributed by atoms with Crippen molar-refractivity contribution in [2.75, 3.05) is 13.2 Å². The summed E-state index contributed by atoms with van der Waals surface area (Å²) in [6.07, 6.45) is 0. The molecule has 0 saturated heterocycles. The van der Waals surface area contributed by atoms with Crippen molar-refractivity contribution in [1.82, 2.24) is 4.72 Å². The van der Waals surface area contributed by atoms with Crippen LogP contribution in [0.3, 0.4) is 0 Å². The Bertz CT molecular complexity index is 563. The minimum absolute atomic E-state index is 0.0720. The van der Waals surface area contributed by atoms with Crippen LogP contribution in [0, 0.1) is 6.92 Å². The van der Waals surface area contributed by atoms with Gasteiger partial charge in [-0.05, 0) is 32.9 Å². The molecule has 0 spiro atoms. The van der Waals surface area contributed by atoms with Crippen molar-refractivity contribution in [3.63, 3.8) is 0 Å². The topological polar surface area (TPSA) is 92.7 Å². The number of benzene rings is 1. The Morgan fingerprint density at radius 1 is 1.35 bits per heavy atom. The highest BCUT2D eigenvalue weighted by atomic mass is 32.2. The number of ether oxygens (including phenoxy) is 1. The van der Waals surface area contributed by atoms with Gasteiger partial charge in [0.05, 0.1) is 18.0 Å². The van der Waals surface area contributed by atoms with Crippen molar-refractivity contribution >= 4 is 16.0 Å². The van der Waals surface area contributed by atoms with E-state index in [2.05, 4.69) is 9.46 Å². The molecule has 6 nitrogen and oxygen atoms in total. The number of aryl methyl sites for hydroxylation is 1. The highest BCUT2D eigenvalue weighted by molar-refractivity contribution is 7.89. The SMILES string of the molecule is CCOC(=O)[C@](C)(O)CNS(=O)(=O)c1ccc(C)cc1. The number of nitrogens with one attached hydrogen (secondary N) is 1. The second kappa shape index (κ2) is 6.34. The van der Waals surface area contributed by atoms with Gasteiger partial charge in [-0.1, -0.05) is 17.7 Å². The lowest BCUT2D eigenvalue weighted by Crippen LogP contribution is -2.47. The molecular weight excluding hydrogens is 282 g/mol. The summed E-state index contributed by atoms with van der Waals surface area (Å²) in [6, 6.07) is 6.24. The summed E-state index contributed by atoms with van der Waals surface area (Å²) >= 11 is 0. The molecule has 0 bridgehead atoms. The molecule has 0 aliphatic rings. The molecule has 0 heterocycles.